The van der Waals surface area contributed by atoms with Crippen molar-refractivity contribution in [1.82, 2.24) is 9.88 Å². The van der Waals surface area contributed by atoms with Gasteiger partial charge in [0.1, 0.15) is 5.69 Å². The van der Waals surface area contributed by atoms with Crippen molar-refractivity contribution in [3.63, 3.8) is 0 Å². The van der Waals surface area contributed by atoms with Crippen LogP contribution in [0, 0.1) is 5.92 Å². The third kappa shape index (κ3) is 2.01. The van der Waals surface area contributed by atoms with Crippen LogP contribution in [-0.4, -0.2) is 34.3 Å². The molecule has 96 valence electrons. The first-order valence-electron chi connectivity index (χ1n) is 6.09. The van der Waals surface area contributed by atoms with Gasteiger partial charge in [-0.25, -0.2) is 0 Å². The fourth-order valence-corrected chi connectivity index (χ4v) is 2.27. The summed E-state index contributed by atoms with van der Waals surface area (Å²) in [4.78, 5) is 29.6. The van der Waals surface area contributed by atoms with E-state index in [1.807, 2.05) is 13.8 Å². The molecule has 1 atom stereocenters. The van der Waals surface area contributed by atoms with E-state index in [9.17, 15) is 9.59 Å². The Kier molecular flexibility index (Phi) is 3.43. The van der Waals surface area contributed by atoms with Gasteiger partial charge in [0.15, 0.2) is 0 Å². The molecule has 1 unspecified atom stereocenters. The maximum atomic E-state index is 12.2. The summed E-state index contributed by atoms with van der Waals surface area (Å²) in [7, 11) is 0. The molecule has 0 bridgehead atoms. The van der Waals surface area contributed by atoms with E-state index >= 15 is 0 Å². The summed E-state index contributed by atoms with van der Waals surface area (Å²) in [5.41, 5.74) is 6.31. The monoisotopic (exact) mass is 247 g/mol. The summed E-state index contributed by atoms with van der Waals surface area (Å²) >= 11 is 0. The van der Waals surface area contributed by atoms with Crippen LogP contribution in [0.2, 0.25) is 0 Å². The smallest absolute Gasteiger partial charge is 0.280 e. The molecule has 1 aliphatic rings. The van der Waals surface area contributed by atoms with Gasteiger partial charge >= 0.3 is 0 Å². The number of hydrogen-bond donors (Lipinski definition) is 1. The Balaban J connectivity index is 2.32. The van der Waals surface area contributed by atoms with Crippen LogP contribution in [0.1, 0.15) is 41.1 Å². The number of amides is 2. The molecule has 2 rings (SSSR count). The SMILES string of the molecule is CC(C)CC(CN)N1C(=O)c2cccnc2C1=O. The predicted octanol–water partition coefficient (Wildman–Crippen LogP) is 1.05. The Morgan fingerprint density at radius 3 is 2.61 bits per heavy atom. The minimum atomic E-state index is -0.327. The van der Waals surface area contributed by atoms with Crippen molar-refractivity contribution in [1.29, 1.82) is 0 Å². The van der Waals surface area contributed by atoms with Crippen molar-refractivity contribution in [2.45, 2.75) is 26.3 Å². The molecule has 2 N–H and O–H groups in total. The lowest BCUT2D eigenvalue weighted by atomic mass is 10.0. The van der Waals surface area contributed by atoms with Crippen LogP contribution in [0.15, 0.2) is 18.3 Å². The first kappa shape index (κ1) is 12.7. The van der Waals surface area contributed by atoms with Crippen LogP contribution in [-0.2, 0) is 0 Å². The summed E-state index contributed by atoms with van der Waals surface area (Å²) in [6.45, 7) is 4.36. The molecule has 1 aliphatic heterocycles. The van der Waals surface area contributed by atoms with Crippen molar-refractivity contribution in [2.75, 3.05) is 6.54 Å². The Bertz CT molecular complexity index is 450. The van der Waals surface area contributed by atoms with E-state index in [1.165, 1.54) is 11.1 Å². The summed E-state index contributed by atoms with van der Waals surface area (Å²) in [5, 5.41) is 0. The van der Waals surface area contributed by atoms with Crippen molar-refractivity contribution < 1.29 is 9.59 Å². The lowest BCUT2D eigenvalue weighted by Gasteiger charge is -2.26. The fraction of sp³-hybridized carbons (Fsp3) is 0.462. The van der Waals surface area contributed by atoms with E-state index in [1.54, 1.807) is 12.1 Å². The number of nitrogens with two attached hydrogens (primary N) is 1. The van der Waals surface area contributed by atoms with E-state index in [-0.39, 0.29) is 30.1 Å². The average molecular weight is 247 g/mol. The average Bonchev–Trinajstić information content (AvgIpc) is 2.60. The molecule has 0 spiro atoms. The second-order valence-corrected chi connectivity index (χ2v) is 4.90. The molecular formula is C13H17N3O2. The Morgan fingerprint density at radius 2 is 2.06 bits per heavy atom. The number of fused-ring (bicyclic) bond motifs is 1. The zero-order valence-electron chi connectivity index (χ0n) is 10.6. The summed E-state index contributed by atoms with van der Waals surface area (Å²) in [6.07, 6.45) is 2.23. The largest absolute Gasteiger partial charge is 0.328 e. The fourth-order valence-electron chi connectivity index (χ4n) is 2.27. The van der Waals surface area contributed by atoms with Gasteiger partial charge in [0.2, 0.25) is 0 Å². The van der Waals surface area contributed by atoms with Crippen LogP contribution in [0.25, 0.3) is 0 Å². The second kappa shape index (κ2) is 4.86. The van der Waals surface area contributed by atoms with Crippen molar-refractivity contribution in [3.8, 4) is 0 Å². The summed E-state index contributed by atoms with van der Waals surface area (Å²) in [6, 6.07) is 3.04. The van der Waals surface area contributed by atoms with Gasteiger partial charge < -0.3 is 5.73 Å². The van der Waals surface area contributed by atoms with Crippen molar-refractivity contribution in [3.05, 3.63) is 29.6 Å². The maximum absolute atomic E-state index is 12.2. The van der Waals surface area contributed by atoms with Crippen LogP contribution in [0.5, 0.6) is 0 Å². The van der Waals surface area contributed by atoms with Crippen LogP contribution in [0.4, 0.5) is 0 Å². The molecule has 0 fully saturated rings. The predicted molar refractivity (Wildman–Crippen MR) is 67.0 cm³/mol. The van der Waals surface area contributed by atoms with Gasteiger partial charge in [-0.2, -0.15) is 0 Å². The Hall–Kier alpha value is -1.75. The van der Waals surface area contributed by atoms with Crippen LogP contribution < -0.4 is 5.73 Å². The summed E-state index contributed by atoms with van der Waals surface area (Å²) < 4.78 is 0. The minimum absolute atomic E-state index is 0.240. The normalized spacial score (nSPS) is 16.3. The third-order valence-corrected chi connectivity index (χ3v) is 3.06. The van der Waals surface area contributed by atoms with Gasteiger partial charge in [-0.1, -0.05) is 13.8 Å². The number of nitrogens with zero attached hydrogens (tertiary/aromatic N) is 2. The van der Waals surface area contributed by atoms with Gasteiger partial charge in [-0.05, 0) is 24.5 Å². The third-order valence-electron chi connectivity index (χ3n) is 3.06. The first-order chi connectivity index (χ1) is 8.56. The number of carbonyl (C=O) groups is 2. The zero-order chi connectivity index (χ0) is 13.3. The van der Waals surface area contributed by atoms with Gasteiger partial charge in [-0.3, -0.25) is 19.5 Å². The number of rotatable bonds is 4. The molecule has 2 amide bonds. The quantitative estimate of drug-likeness (QED) is 0.807. The zero-order valence-corrected chi connectivity index (χ0v) is 10.6. The molecule has 2 heterocycles. The summed E-state index contributed by atoms with van der Waals surface area (Å²) in [5.74, 6) is -0.235. The maximum Gasteiger partial charge on any atom is 0.280 e. The highest BCUT2D eigenvalue weighted by molar-refractivity contribution is 6.20. The highest BCUT2D eigenvalue weighted by Gasteiger charge is 2.40. The lowest BCUT2D eigenvalue weighted by molar-refractivity contribution is 0.0570. The molecule has 1 aromatic rings. The number of hydrogen-bond acceptors (Lipinski definition) is 4. The molecular weight excluding hydrogens is 230 g/mol. The van der Waals surface area contributed by atoms with Gasteiger partial charge in [0, 0.05) is 12.7 Å². The first-order valence-corrected chi connectivity index (χ1v) is 6.09. The van der Waals surface area contributed by atoms with Gasteiger partial charge in [0.05, 0.1) is 11.6 Å². The van der Waals surface area contributed by atoms with Crippen molar-refractivity contribution >= 4 is 11.8 Å². The molecule has 0 aromatic carbocycles. The number of aromatic nitrogens is 1. The Labute approximate surface area is 106 Å². The molecule has 18 heavy (non-hydrogen) atoms. The van der Waals surface area contributed by atoms with Gasteiger partial charge in [-0.15, -0.1) is 0 Å². The molecule has 0 aliphatic carbocycles. The van der Waals surface area contributed by atoms with Crippen molar-refractivity contribution in [2.24, 2.45) is 11.7 Å². The molecule has 0 radical (unpaired) electrons. The highest BCUT2D eigenvalue weighted by Crippen LogP contribution is 2.24. The molecule has 1 aromatic heterocycles. The number of imide groups is 1. The van der Waals surface area contributed by atoms with E-state index in [0.29, 0.717) is 17.9 Å². The molecule has 5 nitrogen and oxygen atoms in total. The molecule has 0 saturated carbocycles. The van der Waals surface area contributed by atoms with E-state index in [4.69, 9.17) is 5.73 Å². The number of pyridine rings is 1. The standard InChI is InChI=1S/C13H17N3O2/c1-8(2)6-9(7-14)16-12(17)10-4-3-5-15-11(10)13(16)18/h3-5,8-9H,6-7,14H2,1-2H3. The molecule has 0 saturated heterocycles. The number of carbonyl (C=O) groups excluding carboxylic acids is 2. The van der Waals surface area contributed by atoms with Crippen LogP contribution >= 0.6 is 0 Å². The second-order valence-electron chi connectivity index (χ2n) is 4.90. The highest BCUT2D eigenvalue weighted by atomic mass is 16.2. The lowest BCUT2D eigenvalue weighted by Crippen LogP contribution is -2.45. The van der Waals surface area contributed by atoms with E-state index < -0.39 is 0 Å². The molecule has 5 heteroatoms. The van der Waals surface area contributed by atoms with E-state index in [0.717, 1.165) is 0 Å². The topological polar surface area (TPSA) is 76.3 Å². The van der Waals surface area contributed by atoms with Gasteiger partial charge in [0.25, 0.3) is 11.8 Å². The van der Waals surface area contributed by atoms with E-state index in [2.05, 4.69) is 4.98 Å². The van der Waals surface area contributed by atoms with Crippen LogP contribution in [0.3, 0.4) is 0 Å². The Morgan fingerprint density at radius 1 is 1.33 bits per heavy atom. The minimum Gasteiger partial charge on any atom is -0.328 e.